The van der Waals surface area contributed by atoms with Gasteiger partial charge in [0.1, 0.15) is 0 Å². The molecule has 0 radical (unpaired) electrons. The van der Waals surface area contributed by atoms with Gasteiger partial charge in [-0.15, -0.1) is 0 Å². The van der Waals surface area contributed by atoms with E-state index in [0.717, 1.165) is 18.4 Å². The van der Waals surface area contributed by atoms with E-state index < -0.39 is 0 Å². The second kappa shape index (κ2) is 8.29. The van der Waals surface area contributed by atoms with Crippen molar-refractivity contribution in [1.82, 2.24) is 15.2 Å². The number of benzene rings is 1. The number of hydrogen-bond donors (Lipinski definition) is 1. The number of fused-ring (bicyclic) bond motifs is 3. The van der Waals surface area contributed by atoms with Gasteiger partial charge < -0.3 is 10.2 Å². The van der Waals surface area contributed by atoms with E-state index in [-0.39, 0.29) is 29.3 Å². The predicted octanol–water partition coefficient (Wildman–Crippen LogP) is 4.49. The van der Waals surface area contributed by atoms with Gasteiger partial charge in [0.05, 0.1) is 23.6 Å². The van der Waals surface area contributed by atoms with E-state index >= 15 is 0 Å². The van der Waals surface area contributed by atoms with Crippen LogP contribution in [0.25, 0.3) is 6.08 Å². The number of allylic oxidation sites excluding steroid dienone is 4. The maximum absolute atomic E-state index is 12.9. The molecule has 178 valence electrons. The van der Waals surface area contributed by atoms with E-state index in [9.17, 15) is 10.1 Å². The Morgan fingerprint density at radius 2 is 1.92 bits per heavy atom. The molecule has 7 rings (SSSR count). The Balaban J connectivity index is 1.22. The highest BCUT2D eigenvalue weighted by Gasteiger charge is 2.43. The molecule has 3 unspecified atom stereocenters. The molecule has 6 heteroatoms. The van der Waals surface area contributed by atoms with Gasteiger partial charge in [0.15, 0.2) is 0 Å². The SMILES string of the molecule is CC1C(C2=Cc3ccncc3C(C)(NC3CN(C(=O)c4ccc(C#N)cc4)C3)C2)=C2C=C(C2)C1C#N. The largest absolute Gasteiger partial charge is 0.335 e. The van der Waals surface area contributed by atoms with Gasteiger partial charge in [0.2, 0.25) is 0 Å². The van der Waals surface area contributed by atoms with E-state index in [1.165, 1.54) is 27.9 Å². The van der Waals surface area contributed by atoms with Crippen LogP contribution in [-0.2, 0) is 5.54 Å². The summed E-state index contributed by atoms with van der Waals surface area (Å²) in [4.78, 5) is 19.2. The molecule has 1 saturated heterocycles. The lowest BCUT2D eigenvalue weighted by atomic mass is 9.62. The molecule has 2 bridgehead atoms. The number of nitrogens with one attached hydrogen (secondary N) is 1. The van der Waals surface area contributed by atoms with Gasteiger partial charge in [-0.3, -0.25) is 9.78 Å². The van der Waals surface area contributed by atoms with Gasteiger partial charge in [-0.05, 0) is 83.5 Å². The molecule has 2 aromatic rings. The Hall–Kier alpha value is -4.00. The van der Waals surface area contributed by atoms with Crippen molar-refractivity contribution in [3.63, 3.8) is 0 Å². The summed E-state index contributed by atoms with van der Waals surface area (Å²) in [7, 11) is 0. The molecule has 1 aromatic carbocycles. The summed E-state index contributed by atoms with van der Waals surface area (Å²) in [5.41, 5.74) is 8.43. The standard InChI is InChI=1S/C30H27N5O/c1-18-26(14-32)22-10-23(11-22)28(18)24-9-21-7-8-33-15-27(21)30(2,12-24)34-25-16-35(17-25)29(36)20-5-3-19(13-31)4-6-20/h3-10,15,18,25-26,34H,11-12,16-17H2,1-2H3. The number of amides is 1. The molecule has 1 N–H and O–H groups in total. The first-order valence-electron chi connectivity index (χ1n) is 12.5. The van der Waals surface area contributed by atoms with E-state index in [1.54, 1.807) is 24.3 Å². The number of aromatic nitrogens is 1. The zero-order valence-electron chi connectivity index (χ0n) is 20.5. The molecule has 3 atom stereocenters. The minimum absolute atomic E-state index is 0.00732. The first-order chi connectivity index (χ1) is 17.4. The Morgan fingerprint density at radius 1 is 1.17 bits per heavy atom. The van der Waals surface area contributed by atoms with Gasteiger partial charge in [0, 0.05) is 48.5 Å². The zero-order valence-corrected chi connectivity index (χ0v) is 20.5. The summed E-state index contributed by atoms with van der Waals surface area (Å²) in [5, 5.41) is 22.6. The second-order valence-corrected chi connectivity index (χ2v) is 10.6. The monoisotopic (exact) mass is 473 g/mol. The third kappa shape index (κ3) is 3.49. The molecule has 4 aliphatic carbocycles. The third-order valence-corrected chi connectivity index (χ3v) is 8.22. The number of rotatable bonds is 4. The molecule has 1 fully saturated rings. The number of carbonyl (C=O) groups is 1. The van der Waals surface area contributed by atoms with Crippen LogP contribution in [0.5, 0.6) is 0 Å². The van der Waals surface area contributed by atoms with Crippen LogP contribution in [0.1, 0.15) is 53.7 Å². The van der Waals surface area contributed by atoms with E-state index in [0.29, 0.717) is 24.2 Å². The van der Waals surface area contributed by atoms with Crippen molar-refractivity contribution in [1.29, 1.82) is 10.5 Å². The average Bonchev–Trinajstić information content (AvgIpc) is 2.84. The fourth-order valence-electron chi connectivity index (χ4n) is 6.33. The van der Waals surface area contributed by atoms with Crippen molar-refractivity contribution in [2.45, 2.75) is 38.3 Å². The van der Waals surface area contributed by atoms with Crippen LogP contribution in [-0.4, -0.2) is 34.9 Å². The molecular formula is C30H27N5O. The quantitative estimate of drug-likeness (QED) is 0.707. The first-order valence-corrected chi connectivity index (χ1v) is 12.5. The lowest BCUT2D eigenvalue weighted by Crippen LogP contribution is -2.64. The van der Waals surface area contributed by atoms with E-state index in [4.69, 9.17) is 5.26 Å². The summed E-state index contributed by atoms with van der Waals surface area (Å²) < 4.78 is 0. The van der Waals surface area contributed by atoms with Crippen molar-refractivity contribution >= 4 is 12.0 Å². The molecule has 1 amide bonds. The molecule has 2 heterocycles. The topological polar surface area (TPSA) is 92.8 Å². The number of hydrogen-bond acceptors (Lipinski definition) is 5. The maximum Gasteiger partial charge on any atom is 0.253 e. The second-order valence-electron chi connectivity index (χ2n) is 10.6. The summed E-state index contributed by atoms with van der Waals surface area (Å²) in [5.74, 6) is 0.152. The average molecular weight is 474 g/mol. The molecule has 1 aromatic heterocycles. The minimum Gasteiger partial charge on any atom is -0.335 e. The Labute approximate surface area is 211 Å². The van der Waals surface area contributed by atoms with Crippen molar-refractivity contribution in [2.24, 2.45) is 11.8 Å². The van der Waals surface area contributed by atoms with Crippen LogP contribution < -0.4 is 5.32 Å². The van der Waals surface area contributed by atoms with Gasteiger partial charge in [-0.25, -0.2) is 0 Å². The first kappa shape index (κ1) is 22.5. The number of nitriles is 2. The Bertz CT molecular complexity index is 1450. The van der Waals surface area contributed by atoms with Crippen molar-refractivity contribution in [3.05, 3.63) is 93.3 Å². The highest BCUT2D eigenvalue weighted by Crippen LogP contribution is 2.51. The number of likely N-dealkylation sites (tertiary alicyclic amines) is 1. The van der Waals surface area contributed by atoms with E-state index in [2.05, 4.69) is 54.5 Å². The zero-order chi connectivity index (χ0) is 25.0. The van der Waals surface area contributed by atoms with Crippen LogP contribution in [0.15, 0.2) is 71.1 Å². The fourth-order valence-corrected chi connectivity index (χ4v) is 6.33. The summed E-state index contributed by atoms with van der Waals surface area (Å²) in [6, 6.07) is 13.7. The normalized spacial score (nSPS) is 26.5. The van der Waals surface area contributed by atoms with Crippen LogP contribution in [0.3, 0.4) is 0 Å². The van der Waals surface area contributed by atoms with Crippen LogP contribution >= 0.6 is 0 Å². The van der Waals surface area contributed by atoms with Crippen molar-refractivity contribution in [3.8, 4) is 12.1 Å². The molecule has 36 heavy (non-hydrogen) atoms. The van der Waals surface area contributed by atoms with Crippen molar-refractivity contribution in [2.75, 3.05) is 13.1 Å². The molecule has 6 nitrogen and oxygen atoms in total. The summed E-state index contributed by atoms with van der Waals surface area (Å²) >= 11 is 0. The van der Waals surface area contributed by atoms with Gasteiger partial charge >= 0.3 is 0 Å². The number of nitrogens with zero attached hydrogens (tertiary/aromatic N) is 4. The Kier molecular flexibility index (Phi) is 5.18. The maximum atomic E-state index is 12.9. The molecule has 0 saturated carbocycles. The van der Waals surface area contributed by atoms with Crippen molar-refractivity contribution < 1.29 is 4.79 Å². The minimum atomic E-state index is -0.328. The highest BCUT2D eigenvalue weighted by atomic mass is 16.2. The smallest absolute Gasteiger partial charge is 0.253 e. The van der Waals surface area contributed by atoms with Gasteiger partial charge in [-0.1, -0.05) is 19.1 Å². The summed E-state index contributed by atoms with van der Waals surface area (Å²) in [6.07, 6.45) is 10.0. The highest BCUT2D eigenvalue weighted by molar-refractivity contribution is 5.95. The number of carbonyl (C=O) groups excluding carboxylic acids is 1. The number of pyridine rings is 1. The van der Waals surface area contributed by atoms with Crippen LogP contribution in [0, 0.1) is 34.5 Å². The molecular weight excluding hydrogens is 446 g/mol. The third-order valence-electron chi connectivity index (χ3n) is 8.22. The molecule has 1 aliphatic heterocycles. The summed E-state index contributed by atoms with van der Waals surface area (Å²) in [6.45, 7) is 5.68. The lowest BCUT2D eigenvalue weighted by Gasteiger charge is -2.48. The Morgan fingerprint density at radius 3 is 2.61 bits per heavy atom. The fraction of sp³-hybridized carbons (Fsp3) is 0.333. The predicted molar refractivity (Wildman–Crippen MR) is 136 cm³/mol. The molecule has 5 aliphatic rings. The lowest BCUT2D eigenvalue weighted by molar-refractivity contribution is 0.0516. The van der Waals surface area contributed by atoms with E-state index in [1.807, 2.05) is 17.3 Å². The van der Waals surface area contributed by atoms with Gasteiger partial charge in [-0.2, -0.15) is 10.5 Å². The van der Waals surface area contributed by atoms with Crippen LogP contribution in [0.2, 0.25) is 0 Å². The van der Waals surface area contributed by atoms with Gasteiger partial charge in [0.25, 0.3) is 5.91 Å². The molecule has 0 spiro atoms. The van der Waals surface area contributed by atoms with Crippen LogP contribution in [0.4, 0.5) is 0 Å².